The SMILES string of the molecule is CC(=O)C(C)C(=O)OI. The predicted molar refractivity (Wildman–Crippen MR) is 40.0 cm³/mol. The van der Waals surface area contributed by atoms with Crippen LogP contribution >= 0.6 is 23.0 Å². The van der Waals surface area contributed by atoms with Crippen LogP contribution in [0.5, 0.6) is 0 Å². The number of Topliss-reactive ketones (excluding diaryl/α,β-unsaturated/α-hetero) is 1. The van der Waals surface area contributed by atoms with Gasteiger partial charge in [0.25, 0.3) is 0 Å². The first-order valence-corrected chi connectivity index (χ1v) is 3.30. The van der Waals surface area contributed by atoms with Gasteiger partial charge in [-0.25, -0.2) is 0 Å². The molecule has 0 aliphatic rings. The Balaban J connectivity index is 3.88. The normalized spacial score (nSPS) is 12.3. The van der Waals surface area contributed by atoms with Crippen LogP contribution in [0.3, 0.4) is 0 Å². The Hall–Kier alpha value is -0.130. The van der Waals surface area contributed by atoms with Crippen LogP contribution in [0.25, 0.3) is 0 Å². The van der Waals surface area contributed by atoms with Crippen LogP contribution in [0.15, 0.2) is 0 Å². The second kappa shape index (κ2) is 3.81. The third-order valence-corrected chi connectivity index (χ3v) is 1.47. The molecule has 9 heavy (non-hydrogen) atoms. The number of hydrogen-bond donors (Lipinski definition) is 0. The molecule has 52 valence electrons. The Kier molecular flexibility index (Phi) is 3.76. The summed E-state index contributed by atoms with van der Waals surface area (Å²) < 4.78 is 4.28. The van der Waals surface area contributed by atoms with E-state index in [9.17, 15) is 9.59 Å². The highest BCUT2D eigenvalue weighted by molar-refractivity contribution is 14.1. The van der Waals surface area contributed by atoms with Gasteiger partial charge in [-0.05, 0) is 13.8 Å². The maximum atomic E-state index is 10.5. The average molecular weight is 242 g/mol. The van der Waals surface area contributed by atoms with Crippen molar-refractivity contribution in [1.29, 1.82) is 0 Å². The van der Waals surface area contributed by atoms with E-state index >= 15 is 0 Å². The molecule has 3 nitrogen and oxygen atoms in total. The first-order valence-electron chi connectivity index (χ1n) is 2.42. The van der Waals surface area contributed by atoms with E-state index in [1.165, 1.54) is 36.9 Å². The number of ketones is 1. The largest absolute Gasteiger partial charge is 0.394 e. The molecule has 0 heterocycles. The van der Waals surface area contributed by atoms with Gasteiger partial charge < -0.3 is 3.07 Å². The van der Waals surface area contributed by atoms with Crippen LogP contribution in [-0.2, 0) is 12.7 Å². The number of carbonyl (C=O) groups excluding carboxylic acids is 2. The van der Waals surface area contributed by atoms with Crippen molar-refractivity contribution in [2.45, 2.75) is 13.8 Å². The molecule has 0 N–H and O–H groups in total. The Morgan fingerprint density at radius 1 is 1.56 bits per heavy atom. The zero-order valence-corrected chi connectivity index (χ0v) is 7.34. The second-order valence-electron chi connectivity index (χ2n) is 1.73. The third kappa shape index (κ3) is 2.78. The smallest absolute Gasteiger partial charge is 0.325 e. The fourth-order valence-electron chi connectivity index (χ4n) is 0.233. The molecule has 0 bridgehead atoms. The quantitative estimate of drug-likeness (QED) is 0.538. The Bertz CT molecular complexity index is 132. The molecule has 0 saturated carbocycles. The standard InChI is InChI=1S/C5H7IO3/c1-3(4(2)7)5(8)9-6/h3H,1-2H3. The predicted octanol–water partition coefficient (Wildman–Crippen LogP) is 1.10. The highest BCUT2D eigenvalue weighted by atomic mass is 127. The van der Waals surface area contributed by atoms with Crippen LogP contribution in [0.4, 0.5) is 0 Å². The molecule has 4 heteroatoms. The number of hydrogen-bond acceptors (Lipinski definition) is 3. The number of halogens is 1. The fraction of sp³-hybridized carbons (Fsp3) is 0.600. The molecular weight excluding hydrogens is 235 g/mol. The molecule has 1 atom stereocenters. The van der Waals surface area contributed by atoms with E-state index < -0.39 is 11.9 Å². The lowest BCUT2D eigenvalue weighted by atomic mass is 10.1. The number of carbonyl (C=O) groups is 2. The molecule has 0 amide bonds. The van der Waals surface area contributed by atoms with Crippen LogP contribution < -0.4 is 0 Å². The maximum absolute atomic E-state index is 10.5. The van der Waals surface area contributed by atoms with E-state index in [1.807, 2.05) is 0 Å². The van der Waals surface area contributed by atoms with E-state index in [2.05, 4.69) is 3.07 Å². The van der Waals surface area contributed by atoms with Crippen molar-refractivity contribution in [1.82, 2.24) is 0 Å². The van der Waals surface area contributed by atoms with E-state index in [0.29, 0.717) is 0 Å². The summed E-state index contributed by atoms with van der Waals surface area (Å²) in [5.74, 6) is -1.28. The van der Waals surface area contributed by atoms with Gasteiger partial charge in [0.05, 0.1) is 0 Å². The van der Waals surface area contributed by atoms with E-state index in [1.54, 1.807) is 0 Å². The van der Waals surface area contributed by atoms with Crippen molar-refractivity contribution in [3.63, 3.8) is 0 Å². The Labute approximate surface area is 67.4 Å². The molecule has 0 fully saturated rings. The van der Waals surface area contributed by atoms with Gasteiger partial charge in [-0.1, -0.05) is 0 Å². The summed E-state index contributed by atoms with van der Waals surface area (Å²) in [7, 11) is 0. The van der Waals surface area contributed by atoms with Gasteiger partial charge >= 0.3 is 5.97 Å². The first kappa shape index (κ1) is 8.87. The molecule has 0 aromatic carbocycles. The molecule has 0 spiro atoms. The molecule has 0 radical (unpaired) electrons. The van der Waals surface area contributed by atoms with E-state index in [0.717, 1.165) is 0 Å². The highest BCUT2D eigenvalue weighted by Gasteiger charge is 2.17. The van der Waals surface area contributed by atoms with Crippen LogP contribution in [0, 0.1) is 5.92 Å². The summed E-state index contributed by atoms with van der Waals surface area (Å²) in [5.41, 5.74) is 0. The minimum Gasteiger partial charge on any atom is -0.394 e. The molecule has 0 aliphatic carbocycles. The lowest BCUT2D eigenvalue weighted by Crippen LogP contribution is -2.17. The van der Waals surface area contributed by atoms with Crippen LogP contribution in [0.1, 0.15) is 13.8 Å². The summed E-state index contributed by atoms with van der Waals surface area (Å²) in [6.45, 7) is 2.88. The Morgan fingerprint density at radius 2 is 2.00 bits per heavy atom. The van der Waals surface area contributed by atoms with Crippen LogP contribution in [0.2, 0.25) is 0 Å². The fourth-order valence-corrected chi connectivity index (χ4v) is 0.614. The molecule has 0 aromatic rings. The van der Waals surface area contributed by atoms with Crippen molar-refractivity contribution in [3.8, 4) is 0 Å². The maximum Gasteiger partial charge on any atom is 0.325 e. The van der Waals surface area contributed by atoms with Gasteiger partial charge in [0.15, 0.2) is 23.0 Å². The average Bonchev–Trinajstić information content (AvgIpc) is 1.84. The van der Waals surface area contributed by atoms with Crippen molar-refractivity contribution in [2.24, 2.45) is 5.92 Å². The second-order valence-corrected chi connectivity index (χ2v) is 2.17. The van der Waals surface area contributed by atoms with E-state index in [-0.39, 0.29) is 5.78 Å². The summed E-state index contributed by atoms with van der Waals surface area (Å²) in [4.78, 5) is 20.9. The molecule has 0 aromatic heterocycles. The minimum absolute atomic E-state index is 0.170. The monoisotopic (exact) mass is 242 g/mol. The molecular formula is C5H7IO3. The summed E-state index contributed by atoms with van der Waals surface area (Å²) in [6.07, 6.45) is 0. The van der Waals surface area contributed by atoms with Gasteiger partial charge in [0, 0.05) is 0 Å². The topological polar surface area (TPSA) is 43.4 Å². The molecule has 0 saturated heterocycles. The van der Waals surface area contributed by atoms with E-state index in [4.69, 9.17) is 0 Å². The number of rotatable bonds is 2. The van der Waals surface area contributed by atoms with Crippen molar-refractivity contribution >= 4 is 34.8 Å². The molecule has 0 aliphatic heterocycles. The molecule has 0 rings (SSSR count). The zero-order valence-electron chi connectivity index (χ0n) is 5.18. The Morgan fingerprint density at radius 3 is 2.11 bits per heavy atom. The summed E-state index contributed by atoms with van der Waals surface area (Å²) in [6, 6.07) is 0. The zero-order chi connectivity index (χ0) is 7.44. The van der Waals surface area contributed by atoms with Gasteiger partial charge in [0.1, 0.15) is 11.7 Å². The van der Waals surface area contributed by atoms with Gasteiger partial charge in [-0.3, -0.25) is 9.59 Å². The van der Waals surface area contributed by atoms with Gasteiger partial charge in [-0.2, -0.15) is 0 Å². The van der Waals surface area contributed by atoms with Crippen molar-refractivity contribution in [3.05, 3.63) is 0 Å². The van der Waals surface area contributed by atoms with Crippen LogP contribution in [-0.4, -0.2) is 11.8 Å². The molecule has 1 unspecified atom stereocenters. The lowest BCUT2D eigenvalue weighted by molar-refractivity contribution is -0.140. The summed E-state index contributed by atoms with van der Waals surface area (Å²) in [5, 5.41) is 0. The van der Waals surface area contributed by atoms with Gasteiger partial charge in [0.2, 0.25) is 0 Å². The van der Waals surface area contributed by atoms with Crippen molar-refractivity contribution in [2.75, 3.05) is 0 Å². The summed E-state index contributed by atoms with van der Waals surface area (Å²) >= 11 is 1.46. The van der Waals surface area contributed by atoms with Gasteiger partial charge in [-0.15, -0.1) is 0 Å². The lowest BCUT2D eigenvalue weighted by Gasteiger charge is -2.00. The highest BCUT2D eigenvalue weighted by Crippen LogP contribution is 2.02. The first-order chi connectivity index (χ1) is 4.09. The van der Waals surface area contributed by atoms with Crippen molar-refractivity contribution < 1.29 is 12.7 Å². The minimum atomic E-state index is -0.623. The third-order valence-electron chi connectivity index (χ3n) is 1.04.